The van der Waals surface area contributed by atoms with E-state index in [1.165, 1.54) is 16.7 Å². The number of fused-ring (bicyclic) bond motifs is 1. The Morgan fingerprint density at radius 2 is 1.83 bits per heavy atom. The van der Waals surface area contributed by atoms with Crippen molar-refractivity contribution < 1.29 is 17.9 Å². The molecule has 2 fully saturated rings. The van der Waals surface area contributed by atoms with Crippen LogP contribution in [0.2, 0.25) is 0 Å². The number of benzene rings is 1. The SMILES string of the molecule is [C-]#[N+]c1c(N2CCC3(CN(c4ccc(OC(F)(F)F)cc4)C3)C2)c2nc(C#N)ccc2n(C)c1=O. The quantitative estimate of drug-likeness (QED) is 0.528. The van der Waals surface area contributed by atoms with Gasteiger partial charge in [-0.15, -0.1) is 13.2 Å². The zero-order valence-corrected chi connectivity index (χ0v) is 18.6. The Kier molecular flexibility index (Phi) is 5.09. The van der Waals surface area contributed by atoms with Crippen molar-refractivity contribution in [2.45, 2.75) is 12.8 Å². The lowest BCUT2D eigenvalue weighted by Gasteiger charge is -2.49. The second-order valence-corrected chi connectivity index (χ2v) is 8.92. The van der Waals surface area contributed by atoms with Crippen LogP contribution in [0.15, 0.2) is 41.2 Å². The van der Waals surface area contributed by atoms with Crippen LogP contribution in [0.1, 0.15) is 12.1 Å². The number of ether oxygens (including phenoxy) is 1. The lowest BCUT2D eigenvalue weighted by atomic mass is 9.78. The molecule has 178 valence electrons. The Bertz CT molecular complexity index is 1460. The summed E-state index contributed by atoms with van der Waals surface area (Å²) in [5.41, 5.74) is 1.95. The summed E-state index contributed by atoms with van der Waals surface area (Å²) in [5, 5.41) is 9.32. The highest BCUT2D eigenvalue weighted by atomic mass is 19.4. The van der Waals surface area contributed by atoms with E-state index in [-0.39, 0.29) is 22.5 Å². The Balaban J connectivity index is 1.40. The van der Waals surface area contributed by atoms with Crippen molar-refractivity contribution in [1.29, 1.82) is 5.26 Å². The Labute approximate surface area is 198 Å². The first-order valence-electron chi connectivity index (χ1n) is 10.8. The first kappa shape index (κ1) is 22.5. The van der Waals surface area contributed by atoms with E-state index in [2.05, 4.69) is 19.5 Å². The number of rotatable bonds is 3. The fourth-order valence-electron chi connectivity index (χ4n) is 5.03. The molecule has 0 unspecified atom stereocenters. The number of nitriles is 1. The number of pyridine rings is 2. The Morgan fingerprint density at radius 3 is 2.46 bits per heavy atom. The Morgan fingerprint density at radius 1 is 1.14 bits per heavy atom. The molecule has 0 radical (unpaired) electrons. The van der Waals surface area contributed by atoms with Crippen LogP contribution in [0.5, 0.6) is 5.75 Å². The van der Waals surface area contributed by atoms with Crippen LogP contribution in [0, 0.1) is 23.3 Å². The molecule has 2 aliphatic heterocycles. The number of aryl methyl sites for hydroxylation is 1. The fourth-order valence-corrected chi connectivity index (χ4v) is 5.03. The number of alkyl halides is 3. The molecule has 1 aromatic carbocycles. The molecule has 1 spiro atoms. The van der Waals surface area contributed by atoms with E-state index >= 15 is 0 Å². The van der Waals surface area contributed by atoms with Gasteiger partial charge in [0, 0.05) is 44.3 Å². The highest BCUT2D eigenvalue weighted by Gasteiger charge is 2.48. The largest absolute Gasteiger partial charge is 0.573 e. The molecule has 2 saturated heterocycles. The van der Waals surface area contributed by atoms with E-state index in [0.717, 1.165) is 12.1 Å². The number of hydrogen-bond donors (Lipinski definition) is 0. The van der Waals surface area contributed by atoms with Crippen LogP contribution >= 0.6 is 0 Å². The first-order chi connectivity index (χ1) is 16.6. The summed E-state index contributed by atoms with van der Waals surface area (Å²) in [6, 6.07) is 11.0. The van der Waals surface area contributed by atoms with Crippen molar-refractivity contribution in [3.8, 4) is 11.8 Å². The summed E-state index contributed by atoms with van der Waals surface area (Å²) >= 11 is 0. The molecule has 0 bridgehead atoms. The lowest BCUT2D eigenvalue weighted by Crippen LogP contribution is -2.57. The van der Waals surface area contributed by atoms with E-state index in [1.54, 1.807) is 31.3 Å². The van der Waals surface area contributed by atoms with Gasteiger partial charge in [0.25, 0.3) is 11.2 Å². The predicted molar refractivity (Wildman–Crippen MR) is 123 cm³/mol. The monoisotopic (exact) mass is 480 g/mol. The molecule has 8 nitrogen and oxygen atoms in total. The van der Waals surface area contributed by atoms with Crippen LogP contribution in [-0.4, -0.2) is 42.1 Å². The molecule has 0 N–H and O–H groups in total. The number of nitrogens with zero attached hydrogens (tertiary/aromatic N) is 6. The first-order valence-corrected chi connectivity index (χ1v) is 10.8. The second-order valence-electron chi connectivity index (χ2n) is 8.92. The van der Waals surface area contributed by atoms with Gasteiger partial charge in [-0.25, -0.2) is 9.83 Å². The summed E-state index contributed by atoms with van der Waals surface area (Å²) in [6.45, 7) is 10.2. The topological polar surface area (TPSA) is 78.8 Å². The molecular weight excluding hydrogens is 461 g/mol. The van der Waals surface area contributed by atoms with Gasteiger partial charge in [0.05, 0.1) is 17.8 Å². The summed E-state index contributed by atoms with van der Waals surface area (Å²) in [6.07, 6.45) is -3.91. The average molecular weight is 480 g/mol. The molecule has 2 aromatic heterocycles. The van der Waals surface area contributed by atoms with Gasteiger partial charge in [0.15, 0.2) is 0 Å². The van der Waals surface area contributed by atoms with Crippen molar-refractivity contribution in [2.24, 2.45) is 12.5 Å². The molecular formula is C24H19F3N6O2. The minimum Gasteiger partial charge on any atom is -0.406 e. The van der Waals surface area contributed by atoms with Crippen LogP contribution in [0.25, 0.3) is 15.9 Å². The highest BCUT2D eigenvalue weighted by Crippen LogP contribution is 2.46. The molecule has 35 heavy (non-hydrogen) atoms. The summed E-state index contributed by atoms with van der Waals surface area (Å²) in [4.78, 5) is 24.9. The van der Waals surface area contributed by atoms with Gasteiger partial charge < -0.3 is 19.1 Å². The standard InChI is InChI=1S/C24H19F3N6O2/c1-29-20-21(19-18(31(2)22(20)34)8-3-15(11-28)30-19)32-10-9-23(12-32)13-33(14-23)16-4-6-17(7-5-16)35-24(25,26)27/h3-8H,9-10,12-14H2,2H3. The van der Waals surface area contributed by atoms with Crippen LogP contribution < -0.4 is 20.1 Å². The van der Waals surface area contributed by atoms with Gasteiger partial charge in [0.2, 0.25) is 0 Å². The van der Waals surface area contributed by atoms with Crippen molar-refractivity contribution >= 4 is 28.1 Å². The molecule has 0 aliphatic carbocycles. The van der Waals surface area contributed by atoms with Gasteiger partial charge in [-0.05, 0) is 42.8 Å². The molecule has 5 rings (SSSR count). The van der Waals surface area contributed by atoms with Crippen molar-refractivity contribution in [1.82, 2.24) is 9.55 Å². The zero-order valence-electron chi connectivity index (χ0n) is 18.6. The predicted octanol–water partition coefficient (Wildman–Crippen LogP) is 3.97. The van der Waals surface area contributed by atoms with E-state index < -0.39 is 11.9 Å². The van der Waals surface area contributed by atoms with Gasteiger partial charge in [-0.2, -0.15) is 5.26 Å². The molecule has 4 heterocycles. The minimum absolute atomic E-state index is 0.0175. The number of halogens is 3. The third-order valence-electron chi connectivity index (χ3n) is 6.66. The van der Waals surface area contributed by atoms with Crippen LogP contribution in [0.4, 0.5) is 30.2 Å². The van der Waals surface area contributed by atoms with Gasteiger partial charge in [0.1, 0.15) is 23.0 Å². The molecule has 3 aromatic rings. The summed E-state index contributed by atoms with van der Waals surface area (Å²) in [7, 11) is 1.58. The van der Waals surface area contributed by atoms with E-state index in [4.69, 9.17) is 6.57 Å². The van der Waals surface area contributed by atoms with Gasteiger partial charge >= 0.3 is 6.36 Å². The molecule has 0 saturated carbocycles. The Hall–Kier alpha value is -4.25. The van der Waals surface area contributed by atoms with Crippen LogP contribution in [0.3, 0.4) is 0 Å². The molecule has 2 aliphatic rings. The minimum atomic E-state index is -4.73. The maximum Gasteiger partial charge on any atom is 0.573 e. The number of hydrogen-bond acceptors (Lipinski definition) is 6. The van der Waals surface area contributed by atoms with Crippen LogP contribution in [-0.2, 0) is 7.05 Å². The molecule has 0 amide bonds. The third-order valence-corrected chi connectivity index (χ3v) is 6.66. The average Bonchev–Trinajstić information content (AvgIpc) is 3.25. The summed E-state index contributed by atoms with van der Waals surface area (Å²) in [5.74, 6) is -0.267. The summed E-state index contributed by atoms with van der Waals surface area (Å²) < 4.78 is 42.5. The van der Waals surface area contributed by atoms with E-state index in [9.17, 15) is 23.2 Å². The van der Waals surface area contributed by atoms with Crippen molar-refractivity contribution in [3.63, 3.8) is 0 Å². The number of aromatic nitrogens is 2. The normalized spacial score (nSPS) is 16.7. The van der Waals surface area contributed by atoms with E-state index in [0.29, 0.717) is 42.9 Å². The van der Waals surface area contributed by atoms with Gasteiger partial charge in [-0.1, -0.05) is 0 Å². The van der Waals surface area contributed by atoms with Crippen molar-refractivity contribution in [2.75, 3.05) is 36.0 Å². The smallest absolute Gasteiger partial charge is 0.406 e. The maximum atomic E-state index is 12.9. The lowest BCUT2D eigenvalue weighted by molar-refractivity contribution is -0.274. The molecule has 11 heteroatoms. The zero-order chi connectivity index (χ0) is 25.0. The van der Waals surface area contributed by atoms with Gasteiger partial charge in [-0.3, -0.25) is 4.79 Å². The fraction of sp³-hybridized carbons (Fsp3) is 0.333. The molecule has 0 atom stereocenters. The maximum absolute atomic E-state index is 12.9. The third kappa shape index (κ3) is 3.89. The highest BCUT2D eigenvalue weighted by molar-refractivity contribution is 5.96. The van der Waals surface area contributed by atoms with Crippen molar-refractivity contribution in [3.05, 3.63) is 63.9 Å². The van der Waals surface area contributed by atoms with E-state index in [1.807, 2.05) is 11.0 Å². The second kappa shape index (κ2) is 7.91. The number of anilines is 2.